The van der Waals surface area contributed by atoms with Crippen LogP contribution < -0.4 is 0 Å². The largest absolute Gasteiger partial charge is 0.456 e. The van der Waals surface area contributed by atoms with Crippen LogP contribution in [0.4, 0.5) is 0 Å². The summed E-state index contributed by atoms with van der Waals surface area (Å²) in [4.78, 5) is 3.69. The molecule has 2 aromatic heterocycles. The Kier molecular flexibility index (Phi) is 2.52. The molecule has 0 saturated carbocycles. The van der Waals surface area contributed by atoms with Crippen molar-refractivity contribution in [3.63, 3.8) is 0 Å². The Bertz CT molecular complexity index is 1720. The molecular formula is C26H15NO. The second kappa shape index (κ2) is 4.93. The van der Waals surface area contributed by atoms with Crippen molar-refractivity contribution >= 4 is 65.3 Å². The second-order valence-electron chi connectivity index (χ2n) is 7.49. The van der Waals surface area contributed by atoms with Crippen LogP contribution in [0.5, 0.6) is 0 Å². The third kappa shape index (κ3) is 1.72. The van der Waals surface area contributed by atoms with E-state index >= 15 is 0 Å². The van der Waals surface area contributed by atoms with E-state index in [1.54, 1.807) is 0 Å². The molecular weight excluding hydrogens is 342 g/mol. The van der Waals surface area contributed by atoms with Gasteiger partial charge in [0.1, 0.15) is 11.2 Å². The molecule has 5 aromatic carbocycles. The number of hydrogen-bond acceptors (Lipinski definition) is 1. The maximum absolute atomic E-state index is 6.09. The molecule has 0 aliphatic carbocycles. The van der Waals surface area contributed by atoms with Gasteiger partial charge in [0.05, 0.1) is 11.0 Å². The SMILES string of the molecule is c1ccc2c(c1)ccc1ccc3c4cc5c(cc4[nH]c3c12)oc1ccccc15. The third-order valence-corrected chi connectivity index (χ3v) is 5.98. The summed E-state index contributed by atoms with van der Waals surface area (Å²) in [6, 6.07) is 30.1. The van der Waals surface area contributed by atoms with E-state index in [4.69, 9.17) is 4.42 Å². The van der Waals surface area contributed by atoms with Crippen LogP contribution in [0.2, 0.25) is 0 Å². The maximum Gasteiger partial charge on any atom is 0.137 e. The fourth-order valence-electron chi connectivity index (χ4n) is 4.68. The predicted octanol–water partition coefficient (Wildman–Crippen LogP) is 7.53. The summed E-state index contributed by atoms with van der Waals surface area (Å²) in [7, 11) is 0. The van der Waals surface area contributed by atoms with Gasteiger partial charge in [-0.1, -0.05) is 66.7 Å². The lowest BCUT2D eigenvalue weighted by Crippen LogP contribution is -1.79. The van der Waals surface area contributed by atoms with Crippen LogP contribution in [-0.4, -0.2) is 4.98 Å². The highest BCUT2D eigenvalue weighted by molar-refractivity contribution is 6.26. The smallest absolute Gasteiger partial charge is 0.137 e. The number of para-hydroxylation sites is 1. The Hall–Kier alpha value is -3.78. The van der Waals surface area contributed by atoms with Gasteiger partial charge in [-0.25, -0.2) is 0 Å². The van der Waals surface area contributed by atoms with Gasteiger partial charge >= 0.3 is 0 Å². The summed E-state index contributed by atoms with van der Waals surface area (Å²) in [5.74, 6) is 0. The maximum atomic E-state index is 6.09. The first-order valence-corrected chi connectivity index (χ1v) is 9.54. The number of benzene rings is 5. The van der Waals surface area contributed by atoms with Gasteiger partial charge in [-0.3, -0.25) is 0 Å². The Labute approximate surface area is 160 Å². The van der Waals surface area contributed by atoms with Gasteiger partial charge in [0.25, 0.3) is 0 Å². The molecule has 7 aromatic rings. The summed E-state index contributed by atoms with van der Waals surface area (Å²) < 4.78 is 6.09. The molecule has 0 unspecified atom stereocenters. The van der Waals surface area contributed by atoms with Gasteiger partial charge in [0.15, 0.2) is 0 Å². The van der Waals surface area contributed by atoms with Crippen molar-refractivity contribution in [2.45, 2.75) is 0 Å². The Balaban J connectivity index is 1.71. The van der Waals surface area contributed by atoms with Crippen LogP contribution >= 0.6 is 0 Å². The first kappa shape index (κ1) is 14.3. The van der Waals surface area contributed by atoms with Gasteiger partial charge in [-0.05, 0) is 28.3 Å². The van der Waals surface area contributed by atoms with E-state index < -0.39 is 0 Å². The van der Waals surface area contributed by atoms with Crippen molar-refractivity contribution in [1.82, 2.24) is 4.98 Å². The minimum absolute atomic E-state index is 0.925. The Morgan fingerprint density at radius 3 is 2.29 bits per heavy atom. The standard InChI is InChI=1S/C26H15NO/c1-2-6-17-15(5-1)9-10-16-11-12-19-20-13-21-18-7-3-4-8-23(18)28-24(21)14-22(20)27-26(19)25(16)17/h1-14,27H. The molecule has 0 saturated heterocycles. The molecule has 1 N–H and O–H groups in total. The van der Waals surface area contributed by atoms with Crippen LogP contribution in [-0.2, 0) is 0 Å². The van der Waals surface area contributed by atoms with E-state index in [1.165, 1.54) is 48.6 Å². The molecule has 0 aliphatic heterocycles. The lowest BCUT2D eigenvalue weighted by atomic mass is 9.99. The van der Waals surface area contributed by atoms with Crippen LogP contribution in [0.15, 0.2) is 89.3 Å². The molecule has 0 atom stereocenters. The van der Waals surface area contributed by atoms with Crippen molar-refractivity contribution in [3.8, 4) is 0 Å². The van der Waals surface area contributed by atoms with E-state index in [0.29, 0.717) is 0 Å². The molecule has 2 nitrogen and oxygen atoms in total. The second-order valence-corrected chi connectivity index (χ2v) is 7.49. The minimum atomic E-state index is 0.925. The van der Waals surface area contributed by atoms with Gasteiger partial charge in [0.2, 0.25) is 0 Å². The summed E-state index contributed by atoms with van der Waals surface area (Å²) >= 11 is 0. The molecule has 0 spiro atoms. The predicted molar refractivity (Wildman–Crippen MR) is 118 cm³/mol. The molecule has 7 rings (SSSR count). The number of rotatable bonds is 0. The fraction of sp³-hybridized carbons (Fsp3) is 0. The summed E-state index contributed by atoms with van der Waals surface area (Å²) in [6.07, 6.45) is 0. The Morgan fingerprint density at radius 1 is 0.536 bits per heavy atom. The van der Waals surface area contributed by atoms with E-state index in [2.05, 4.69) is 77.8 Å². The zero-order valence-corrected chi connectivity index (χ0v) is 15.0. The first-order valence-electron chi connectivity index (χ1n) is 9.54. The van der Waals surface area contributed by atoms with Gasteiger partial charge in [0, 0.05) is 33.0 Å². The van der Waals surface area contributed by atoms with Crippen LogP contribution in [0, 0.1) is 0 Å². The fourth-order valence-corrected chi connectivity index (χ4v) is 4.68. The van der Waals surface area contributed by atoms with Gasteiger partial charge < -0.3 is 9.40 Å². The summed E-state index contributed by atoms with van der Waals surface area (Å²) in [5, 5.41) is 9.92. The van der Waals surface area contributed by atoms with E-state index in [9.17, 15) is 0 Å². The topological polar surface area (TPSA) is 28.9 Å². The molecule has 0 amide bonds. The van der Waals surface area contributed by atoms with Gasteiger partial charge in [-0.2, -0.15) is 0 Å². The number of aromatic amines is 1. The highest BCUT2D eigenvalue weighted by Gasteiger charge is 2.14. The number of H-pyrrole nitrogens is 1. The first-order chi connectivity index (χ1) is 13.9. The van der Waals surface area contributed by atoms with E-state index in [0.717, 1.165) is 16.7 Å². The monoisotopic (exact) mass is 357 g/mol. The van der Waals surface area contributed by atoms with Crippen molar-refractivity contribution in [3.05, 3.63) is 84.9 Å². The summed E-state index contributed by atoms with van der Waals surface area (Å²) in [6.45, 7) is 0. The van der Waals surface area contributed by atoms with Crippen LogP contribution in [0.3, 0.4) is 0 Å². The molecule has 0 bridgehead atoms. The number of nitrogens with one attached hydrogen (secondary N) is 1. The molecule has 28 heavy (non-hydrogen) atoms. The highest BCUT2D eigenvalue weighted by Crippen LogP contribution is 2.38. The summed E-state index contributed by atoms with van der Waals surface area (Å²) in [5.41, 5.74) is 4.17. The quantitative estimate of drug-likeness (QED) is 0.279. The average Bonchev–Trinajstić information content (AvgIpc) is 3.29. The number of fused-ring (bicyclic) bond motifs is 10. The normalized spacial score (nSPS) is 12.3. The van der Waals surface area contributed by atoms with E-state index in [-0.39, 0.29) is 0 Å². The number of hydrogen-bond donors (Lipinski definition) is 1. The van der Waals surface area contributed by atoms with Crippen LogP contribution in [0.1, 0.15) is 0 Å². The van der Waals surface area contributed by atoms with Crippen molar-refractivity contribution in [1.29, 1.82) is 0 Å². The minimum Gasteiger partial charge on any atom is -0.456 e. The lowest BCUT2D eigenvalue weighted by Gasteiger charge is -2.05. The highest BCUT2D eigenvalue weighted by atomic mass is 16.3. The average molecular weight is 357 g/mol. The molecule has 130 valence electrons. The molecule has 2 heteroatoms. The molecule has 0 fully saturated rings. The number of aromatic nitrogens is 1. The van der Waals surface area contributed by atoms with Crippen molar-refractivity contribution in [2.24, 2.45) is 0 Å². The molecule has 0 radical (unpaired) electrons. The number of furan rings is 1. The van der Waals surface area contributed by atoms with Crippen molar-refractivity contribution < 1.29 is 4.42 Å². The lowest BCUT2D eigenvalue weighted by molar-refractivity contribution is 0.669. The van der Waals surface area contributed by atoms with Crippen LogP contribution in [0.25, 0.3) is 65.3 Å². The molecule has 2 heterocycles. The van der Waals surface area contributed by atoms with E-state index in [1.807, 2.05) is 12.1 Å². The zero-order valence-electron chi connectivity index (χ0n) is 15.0. The van der Waals surface area contributed by atoms with Gasteiger partial charge in [-0.15, -0.1) is 0 Å². The van der Waals surface area contributed by atoms with Crippen molar-refractivity contribution in [2.75, 3.05) is 0 Å². The Morgan fingerprint density at radius 2 is 1.32 bits per heavy atom. The molecule has 0 aliphatic rings. The third-order valence-electron chi connectivity index (χ3n) is 5.98. The zero-order chi connectivity index (χ0) is 18.2.